The van der Waals surface area contributed by atoms with Crippen LogP contribution in [0, 0.1) is 25.2 Å². The second-order valence-corrected chi connectivity index (χ2v) is 17.7. The van der Waals surface area contributed by atoms with Crippen LogP contribution >= 0.6 is 11.8 Å². The molecule has 0 saturated carbocycles. The van der Waals surface area contributed by atoms with Crippen LogP contribution in [0.1, 0.15) is 61.8 Å². The molecule has 3 N–H and O–H groups in total. The number of hydrogen-bond donors (Lipinski definition) is 3. The molecule has 7 aliphatic heterocycles. The molecule has 10 rings (SSSR count). The van der Waals surface area contributed by atoms with Crippen molar-refractivity contribution < 1.29 is 79.0 Å². The van der Waals surface area contributed by atoms with Crippen molar-refractivity contribution in [2.45, 2.75) is 85.7 Å². The number of thioether (sulfide) groups is 1. The third kappa shape index (κ3) is 5.88. The molecule has 2 fully saturated rings. The minimum Gasteiger partial charge on any atom is -0.504 e. The molecule has 0 aromatic heterocycles. The van der Waals surface area contributed by atoms with Crippen LogP contribution in [0.15, 0.2) is 18.2 Å². The second-order valence-electron chi connectivity index (χ2n) is 16.5. The number of aryl methyl sites for hydroxylation is 1. The van der Waals surface area contributed by atoms with Crippen molar-refractivity contribution in [3.63, 3.8) is 0 Å². The molecule has 342 valence electrons. The number of rotatable bonds is 5. The average molecular weight is 925 g/mol. The number of hydrogen-bond acceptors (Lipinski definition) is 15. The molecule has 7 aliphatic rings. The number of phenols is 2. The minimum atomic E-state index is -6.87. The average Bonchev–Trinajstić information content (AvgIpc) is 3.73. The molecule has 1 unspecified atom stereocenters. The fraction of sp³-hybridized carbons (Fsp3) is 0.500. The van der Waals surface area contributed by atoms with E-state index in [9.17, 15) is 47.0 Å². The molecule has 64 heavy (non-hydrogen) atoms. The number of likely N-dealkylation sites (N-methyl/N-ethyl adjacent to an activating group) is 1. The maximum atomic E-state index is 15.3. The zero-order chi connectivity index (χ0) is 46.2. The molecule has 7 atom stereocenters. The number of alkyl halides is 7. The molecule has 1 spiro atoms. The number of methoxy groups -OCH3 is 2. The Balaban J connectivity index is 1.33. The van der Waals surface area contributed by atoms with E-state index in [-0.39, 0.29) is 69.9 Å². The van der Waals surface area contributed by atoms with Crippen molar-refractivity contribution in [3.8, 4) is 46.3 Å². The summed E-state index contributed by atoms with van der Waals surface area (Å²) in [6.45, 7) is 2.02. The number of ether oxygens (including phenoxy) is 6. The number of fused-ring (bicyclic) bond motifs is 9. The topological polar surface area (TPSA) is 172 Å². The number of carbonyl (C=O) groups is 2. The first-order valence-electron chi connectivity index (χ1n) is 19.9. The summed E-state index contributed by atoms with van der Waals surface area (Å²) in [5.41, 5.74) is 0.275. The SMILES string of the molecule is COc1cc2c(cc1O)CCN[C@]21CS[C@@H]2c3c(OC(=O)C(F)(F)C(F)(F)C(F)(F)F)c(C)c4c(c3[C@H](COC1=O)N1C2[C@@H]2c3c(cc(C)c(OC)c3O)C[C@@H]([C@@H]1C#N)N2C)OCO4. The lowest BCUT2D eigenvalue weighted by molar-refractivity contribution is -0.346. The molecule has 3 aromatic rings. The molecule has 14 nitrogen and oxygen atoms in total. The third-order valence-corrected chi connectivity index (χ3v) is 14.9. The van der Waals surface area contributed by atoms with E-state index < -0.39 is 90.1 Å². The maximum absolute atomic E-state index is 15.3. The highest BCUT2D eigenvalue weighted by Gasteiger charge is 2.77. The molecule has 0 radical (unpaired) electrons. The van der Waals surface area contributed by atoms with Crippen LogP contribution in [0.25, 0.3) is 0 Å². The van der Waals surface area contributed by atoms with Gasteiger partial charge in [-0.3, -0.25) is 15.1 Å². The van der Waals surface area contributed by atoms with Gasteiger partial charge < -0.3 is 38.6 Å². The Morgan fingerprint density at radius 2 is 1.70 bits per heavy atom. The summed E-state index contributed by atoms with van der Waals surface area (Å²) in [6.07, 6.45) is -6.30. The Kier molecular flexibility index (Phi) is 10.2. The number of esters is 2. The summed E-state index contributed by atoms with van der Waals surface area (Å²) in [4.78, 5) is 31.7. The maximum Gasteiger partial charge on any atom is 0.460 e. The van der Waals surface area contributed by atoms with Crippen LogP contribution in [0.4, 0.5) is 30.7 Å². The van der Waals surface area contributed by atoms with Crippen LogP contribution in [-0.4, -0.2) is 115 Å². The number of nitriles is 1. The van der Waals surface area contributed by atoms with Gasteiger partial charge in [0.1, 0.15) is 18.4 Å². The number of halogens is 7. The van der Waals surface area contributed by atoms with Crippen molar-refractivity contribution >= 4 is 23.7 Å². The zero-order valence-electron chi connectivity index (χ0n) is 34.5. The largest absolute Gasteiger partial charge is 0.504 e. The van der Waals surface area contributed by atoms with Crippen molar-refractivity contribution in [2.24, 2.45) is 0 Å². The van der Waals surface area contributed by atoms with Gasteiger partial charge in [-0.2, -0.15) is 36.0 Å². The van der Waals surface area contributed by atoms with Crippen molar-refractivity contribution in [2.75, 3.05) is 47.0 Å². The fourth-order valence-electron chi connectivity index (χ4n) is 10.5. The van der Waals surface area contributed by atoms with Gasteiger partial charge in [0.05, 0.1) is 37.6 Å². The molecular weight excluding hydrogens is 886 g/mol. The van der Waals surface area contributed by atoms with Crippen LogP contribution < -0.4 is 29.0 Å². The lowest BCUT2D eigenvalue weighted by Gasteiger charge is -2.62. The Bertz CT molecular complexity index is 2560. The molecule has 22 heteroatoms. The van der Waals surface area contributed by atoms with Crippen molar-refractivity contribution in [3.05, 3.63) is 62.7 Å². The van der Waals surface area contributed by atoms with Crippen molar-refractivity contribution in [1.82, 2.24) is 15.1 Å². The van der Waals surface area contributed by atoms with Gasteiger partial charge in [-0.05, 0) is 68.1 Å². The van der Waals surface area contributed by atoms with Gasteiger partial charge in [-0.25, -0.2) is 9.59 Å². The van der Waals surface area contributed by atoms with E-state index in [0.717, 1.165) is 11.8 Å². The monoisotopic (exact) mass is 924 g/mol. The molecular formula is C42H39F7N4O10S. The minimum absolute atomic E-state index is 0.0123. The second kappa shape index (κ2) is 14.8. The Hall–Kier alpha value is -5.37. The van der Waals surface area contributed by atoms with Gasteiger partial charge in [-0.15, -0.1) is 11.8 Å². The standard InChI is InChI=1S/C42H39F7N4O10S/c1-16-8-19-9-21-22(12-50)53-23-13-60-37(56)39(20-11-25(58-4)24(54)10-18(20)6-7-51-39)14-64-36(30(53)29(52(21)3)26(19)31(55)32(16)59-5)28-27(23)35-34(61-15-62-35)17(2)33(28)63-38(57)40(43,44)41(45,46)42(47,48)49/h8,10-11,21-23,29-30,36,51,54-55H,6-7,9,13-15H2,1-5H3/t21-,22-,23-,29-,30?,36+,39+/m0/s1. The number of nitrogens with one attached hydrogen (secondary N) is 1. The fourth-order valence-corrected chi connectivity index (χ4v) is 12.2. The summed E-state index contributed by atoms with van der Waals surface area (Å²) in [5, 5.41) is 35.9. The van der Waals surface area contributed by atoms with Crippen LogP contribution in [0.3, 0.4) is 0 Å². The molecule has 0 aliphatic carbocycles. The summed E-state index contributed by atoms with van der Waals surface area (Å²) < 4.78 is 134. The first-order chi connectivity index (χ1) is 30.2. The summed E-state index contributed by atoms with van der Waals surface area (Å²) >= 11 is 0.981. The number of piperazine rings is 1. The quantitative estimate of drug-likeness (QED) is 0.159. The van der Waals surface area contributed by atoms with Crippen LogP contribution in [0.5, 0.6) is 40.2 Å². The van der Waals surface area contributed by atoms with Crippen molar-refractivity contribution in [1.29, 1.82) is 5.26 Å². The highest BCUT2D eigenvalue weighted by molar-refractivity contribution is 7.99. The Morgan fingerprint density at radius 1 is 0.984 bits per heavy atom. The smallest absolute Gasteiger partial charge is 0.460 e. The van der Waals surface area contributed by atoms with Gasteiger partial charge >= 0.3 is 30.0 Å². The number of nitrogens with zero attached hydrogens (tertiary/aromatic N) is 3. The normalized spacial score (nSPS) is 27.4. The first-order valence-corrected chi connectivity index (χ1v) is 20.9. The van der Waals surface area contributed by atoms with E-state index in [4.69, 9.17) is 28.4 Å². The summed E-state index contributed by atoms with van der Waals surface area (Å²) in [7, 11) is 4.39. The molecule has 3 aromatic carbocycles. The van der Waals surface area contributed by atoms with Gasteiger partial charge in [0.25, 0.3) is 0 Å². The Morgan fingerprint density at radius 3 is 2.38 bits per heavy atom. The number of carbonyl (C=O) groups excluding carboxylic acids is 2. The number of aromatic hydroxyl groups is 2. The lowest BCUT2D eigenvalue weighted by Crippen LogP contribution is -2.69. The van der Waals surface area contributed by atoms with Gasteiger partial charge in [0.2, 0.25) is 6.79 Å². The van der Waals surface area contributed by atoms with E-state index in [0.29, 0.717) is 34.2 Å². The number of phenolic OH excluding ortho intramolecular Hbond substituents is 2. The van der Waals surface area contributed by atoms with Gasteiger partial charge in [-0.1, -0.05) is 6.07 Å². The van der Waals surface area contributed by atoms with Crippen LogP contribution in [-0.2, 0) is 32.7 Å². The van der Waals surface area contributed by atoms with E-state index in [1.165, 1.54) is 33.3 Å². The van der Waals surface area contributed by atoms with E-state index in [1.807, 2.05) is 11.0 Å². The molecule has 7 heterocycles. The van der Waals surface area contributed by atoms with Gasteiger partial charge in [0, 0.05) is 46.6 Å². The van der Waals surface area contributed by atoms with Crippen LogP contribution in [0.2, 0.25) is 0 Å². The first kappa shape index (κ1) is 43.9. The molecule has 4 bridgehead atoms. The zero-order valence-corrected chi connectivity index (χ0v) is 35.3. The Labute approximate surface area is 364 Å². The summed E-state index contributed by atoms with van der Waals surface area (Å²) in [6, 6.07) is 2.13. The third-order valence-electron chi connectivity index (χ3n) is 13.4. The summed E-state index contributed by atoms with van der Waals surface area (Å²) in [5.74, 6) is -19.0. The van der Waals surface area contributed by atoms with E-state index in [1.54, 1.807) is 18.9 Å². The highest BCUT2D eigenvalue weighted by Crippen LogP contribution is 2.65. The van der Waals surface area contributed by atoms with E-state index >= 15 is 8.78 Å². The van der Waals surface area contributed by atoms with E-state index in [2.05, 4.69) is 11.4 Å². The number of benzene rings is 3. The van der Waals surface area contributed by atoms with Gasteiger partial charge in [0.15, 0.2) is 40.0 Å². The molecule has 2 saturated heterocycles. The molecule has 0 amide bonds. The predicted octanol–water partition coefficient (Wildman–Crippen LogP) is 5.80. The lowest BCUT2D eigenvalue weighted by atomic mass is 9.71. The highest BCUT2D eigenvalue weighted by atomic mass is 32.2. The predicted molar refractivity (Wildman–Crippen MR) is 208 cm³/mol.